The molecule has 1 aromatic heterocycles. The van der Waals surface area contributed by atoms with Crippen molar-refractivity contribution in [3.63, 3.8) is 0 Å². The molecule has 0 aliphatic carbocycles. The molecule has 1 heterocycles. The van der Waals surface area contributed by atoms with Crippen LogP contribution in [0.25, 0.3) is 0 Å². The molecular weight excluding hydrogens is 224 g/mol. The van der Waals surface area contributed by atoms with Crippen molar-refractivity contribution in [1.82, 2.24) is 10.3 Å². The third kappa shape index (κ3) is 6.01. The van der Waals surface area contributed by atoms with Crippen LogP contribution in [-0.4, -0.2) is 16.6 Å². The molecule has 102 valence electrons. The van der Waals surface area contributed by atoms with Crippen LogP contribution in [-0.2, 0) is 6.54 Å². The van der Waals surface area contributed by atoms with Crippen LogP contribution in [0.4, 0.5) is 0 Å². The van der Waals surface area contributed by atoms with Crippen LogP contribution in [0.5, 0.6) is 5.88 Å². The predicted molar refractivity (Wildman–Crippen MR) is 75.8 cm³/mol. The summed E-state index contributed by atoms with van der Waals surface area (Å²) in [6.07, 6.45) is 2.42. The van der Waals surface area contributed by atoms with Crippen molar-refractivity contribution in [2.24, 2.45) is 0 Å². The first kappa shape index (κ1) is 15.0. The number of nitrogens with zero attached hydrogens (tertiary/aromatic N) is 1. The van der Waals surface area contributed by atoms with Crippen LogP contribution < -0.4 is 10.1 Å². The molecule has 1 unspecified atom stereocenters. The normalized spacial score (nSPS) is 13.4. The van der Waals surface area contributed by atoms with E-state index in [2.05, 4.69) is 44.9 Å². The van der Waals surface area contributed by atoms with Gasteiger partial charge in [-0.25, -0.2) is 4.98 Å². The van der Waals surface area contributed by atoms with E-state index in [0.29, 0.717) is 0 Å². The Bertz CT molecular complexity index is 358. The highest BCUT2D eigenvalue weighted by Crippen LogP contribution is 2.12. The van der Waals surface area contributed by atoms with Gasteiger partial charge < -0.3 is 10.1 Å². The summed E-state index contributed by atoms with van der Waals surface area (Å²) >= 11 is 0. The van der Waals surface area contributed by atoms with Gasteiger partial charge >= 0.3 is 0 Å². The second-order valence-electron chi connectivity index (χ2n) is 5.79. The van der Waals surface area contributed by atoms with E-state index in [-0.39, 0.29) is 11.6 Å². The zero-order valence-corrected chi connectivity index (χ0v) is 12.3. The predicted octanol–water partition coefficient (Wildman–Crippen LogP) is 3.54. The van der Waals surface area contributed by atoms with Crippen LogP contribution in [0, 0.1) is 0 Å². The summed E-state index contributed by atoms with van der Waals surface area (Å²) in [5.74, 6) is 0.726. The Kier molecular flexibility index (Phi) is 5.60. The molecular formula is C15H26N2O. The smallest absolute Gasteiger partial charge is 0.213 e. The second-order valence-corrected chi connectivity index (χ2v) is 5.79. The molecule has 0 radical (unpaired) electrons. The monoisotopic (exact) mass is 250 g/mol. The first-order chi connectivity index (χ1) is 8.40. The highest BCUT2D eigenvalue weighted by molar-refractivity contribution is 5.16. The summed E-state index contributed by atoms with van der Waals surface area (Å²) in [5.41, 5.74) is 1.12. The Morgan fingerprint density at radius 1 is 1.33 bits per heavy atom. The average molecular weight is 250 g/mol. The molecule has 1 atom stereocenters. The van der Waals surface area contributed by atoms with Gasteiger partial charge in [-0.05, 0) is 40.2 Å². The minimum atomic E-state index is 0.105. The summed E-state index contributed by atoms with van der Waals surface area (Å²) < 4.78 is 5.79. The highest BCUT2D eigenvalue weighted by atomic mass is 16.5. The minimum Gasteiger partial charge on any atom is -0.475 e. The summed E-state index contributed by atoms with van der Waals surface area (Å²) in [7, 11) is 0. The Labute approximate surface area is 111 Å². The summed E-state index contributed by atoms with van der Waals surface area (Å²) in [4.78, 5) is 4.51. The molecule has 3 heteroatoms. The van der Waals surface area contributed by atoms with Gasteiger partial charge in [0.05, 0.1) is 11.8 Å². The van der Waals surface area contributed by atoms with Crippen molar-refractivity contribution in [2.45, 2.75) is 65.6 Å². The van der Waals surface area contributed by atoms with Crippen molar-refractivity contribution < 1.29 is 4.74 Å². The maximum absolute atomic E-state index is 5.79. The van der Waals surface area contributed by atoms with Gasteiger partial charge in [-0.3, -0.25) is 0 Å². The molecule has 0 saturated carbocycles. The Morgan fingerprint density at radius 2 is 2.06 bits per heavy atom. The Morgan fingerprint density at radius 3 is 2.67 bits per heavy atom. The first-order valence-corrected chi connectivity index (χ1v) is 6.78. The van der Waals surface area contributed by atoms with Gasteiger partial charge in [0.15, 0.2) is 0 Å². The quantitative estimate of drug-likeness (QED) is 0.838. The lowest BCUT2D eigenvalue weighted by Crippen LogP contribution is -2.35. The molecule has 0 spiro atoms. The van der Waals surface area contributed by atoms with Crippen molar-refractivity contribution >= 4 is 0 Å². The second kappa shape index (κ2) is 6.74. The lowest BCUT2D eigenvalue weighted by molar-refractivity contribution is 0.201. The largest absolute Gasteiger partial charge is 0.475 e. The fourth-order valence-electron chi connectivity index (χ4n) is 1.65. The maximum atomic E-state index is 5.79. The Hall–Kier alpha value is -1.09. The molecule has 0 aliphatic heterocycles. The molecule has 18 heavy (non-hydrogen) atoms. The van der Waals surface area contributed by atoms with Gasteiger partial charge in [0.1, 0.15) is 0 Å². The molecule has 1 rings (SSSR count). The van der Waals surface area contributed by atoms with Crippen molar-refractivity contribution in [1.29, 1.82) is 0 Å². The fourth-order valence-corrected chi connectivity index (χ4v) is 1.65. The standard InChI is InChI=1S/C15H26N2O/c1-6-8-12(2)18-14-10-7-9-13(17-14)11-16-15(3,4)5/h7,9-10,12,16H,6,8,11H2,1-5H3. The molecule has 0 amide bonds. The van der Waals surface area contributed by atoms with Crippen molar-refractivity contribution in [2.75, 3.05) is 0 Å². The molecule has 0 fully saturated rings. The lowest BCUT2D eigenvalue weighted by Gasteiger charge is -2.20. The first-order valence-electron chi connectivity index (χ1n) is 6.78. The van der Waals surface area contributed by atoms with Gasteiger partial charge in [0.25, 0.3) is 0 Å². The van der Waals surface area contributed by atoms with E-state index in [0.717, 1.165) is 31.0 Å². The number of hydrogen-bond acceptors (Lipinski definition) is 3. The van der Waals surface area contributed by atoms with Crippen LogP contribution in [0.2, 0.25) is 0 Å². The van der Waals surface area contributed by atoms with E-state index < -0.39 is 0 Å². The third-order valence-corrected chi connectivity index (χ3v) is 2.60. The Balaban J connectivity index is 2.56. The zero-order chi connectivity index (χ0) is 13.6. The van der Waals surface area contributed by atoms with E-state index in [1.807, 2.05) is 18.2 Å². The van der Waals surface area contributed by atoms with Crippen LogP contribution in [0.15, 0.2) is 18.2 Å². The number of aromatic nitrogens is 1. The number of nitrogens with one attached hydrogen (secondary N) is 1. The zero-order valence-electron chi connectivity index (χ0n) is 12.3. The maximum Gasteiger partial charge on any atom is 0.213 e. The van der Waals surface area contributed by atoms with Crippen molar-refractivity contribution in [3.8, 4) is 5.88 Å². The SMILES string of the molecule is CCCC(C)Oc1cccc(CNC(C)(C)C)n1. The number of hydrogen-bond donors (Lipinski definition) is 1. The molecule has 1 N–H and O–H groups in total. The number of pyridine rings is 1. The summed E-state index contributed by atoms with van der Waals surface area (Å²) in [5, 5.41) is 3.43. The van der Waals surface area contributed by atoms with E-state index in [9.17, 15) is 0 Å². The average Bonchev–Trinajstić information content (AvgIpc) is 2.26. The van der Waals surface area contributed by atoms with Crippen LogP contribution >= 0.6 is 0 Å². The lowest BCUT2D eigenvalue weighted by atomic mass is 10.1. The van der Waals surface area contributed by atoms with Crippen LogP contribution in [0.1, 0.15) is 53.2 Å². The van der Waals surface area contributed by atoms with Gasteiger partial charge in [-0.15, -0.1) is 0 Å². The molecule has 0 saturated heterocycles. The molecule has 3 nitrogen and oxygen atoms in total. The van der Waals surface area contributed by atoms with Crippen LogP contribution in [0.3, 0.4) is 0 Å². The molecule has 0 aliphatic rings. The van der Waals surface area contributed by atoms with Crippen molar-refractivity contribution in [3.05, 3.63) is 23.9 Å². The molecule has 1 aromatic rings. The van der Waals surface area contributed by atoms with E-state index in [4.69, 9.17) is 4.74 Å². The van der Waals surface area contributed by atoms with Gasteiger partial charge in [-0.2, -0.15) is 0 Å². The molecule has 0 bridgehead atoms. The highest BCUT2D eigenvalue weighted by Gasteiger charge is 2.09. The van der Waals surface area contributed by atoms with Gasteiger partial charge in [0, 0.05) is 18.2 Å². The van der Waals surface area contributed by atoms with E-state index >= 15 is 0 Å². The van der Waals surface area contributed by atoms with Gasteiger partial charge in [-0.1, -0.05) is 19.4 Å². The minimum absolute atomic E-state index is 0.105. The third-order valence-electron chi connectivity index (χ3n) is 2.60. The van der Waals surface area contributed by atoms with Gasteiger partial charge in [0.2, 0.25) is 5.88 Å². The number of ether oxygens (including phenoxy) is 1. The topological polar surface area (TPSA) is 34.1 Å². The fraction of sp³-hybridized carbons (Fsp3) is 0.667. The summed E-state index contributed by atoms with van der Waals surface area (Å²) in [6, 6.07) is 5.95. The molecule has 0 aromatic carbocycles. The number of rotatable bonds is 6. The van der Waals surface area contributed by atoms with E-state index in [1.165, 1.54) is 0 Å². The van der Waals surface area contributed by atoms with E-state index in [1.54, 1.807) is 0 Å². The summed E-state index contributed by atoms with van der Waals surface area (Å²) in [6.45, 7) is 11.5.